The molecule has 0 bridgehead atoms. The van der Waals surface area contributed by atoms with Crippen molar-refractivity contribution in [2.45, 2.75) is 0 Å². The first-order valence-corrected chi connectivity index (χ1v) is 8.63. The highest BCUT2D eigenvalue weighted by atomic mass is 79.9. The van der Waals surface area contributed by atoms with E-state index in [9.17, 15) is 9.59 Å². The van der Waals surface area contributed by atoms with E-state index in [0.29, 0.717) is 5.75 Å². The van der Waals surface area contributed by atoms with E-state index in [1.165, 1.54) is 16.8 Å². The first-order valence-electron chi connectivity index (χ1n) is 7.83. The summed E-state index contributed by atoms with van der Waals surface area (Å²) in [5.41, 5.74) is 3.79. The number of para-hydroxylation sites is 1. The number of rotatable bonds is 5. The summed E-state index contributed by atoms with van der Waals surface area (Å²) in [6, 6.07) is 16.2. The third-order valence-corrected chi connectivity index (χ3v) is 4.28. The van der Waals surface area contributed by atoms with Gasteiger partial charge in [0.05, 0.1) is 11.7 Å². The van der Waals surface area contributed by atoms with Gasteiger partial charge >= 0.3 is 0 Å². The van der Waals surface area contributed by atoms with E-state index in [4.69, 9.17) is 4.74 Å². The van der Waals surface area contributed by atoms with Crippen LogP contribution in [-0.2, 0) is 11.8 Å². The normalized spacial score (nSPS) is 11.0. The average Bonchev–Trinajstić information content (AvgIpc) is 2.65. The van der Waals surface area contributed by atoms with E-state index >= 15 is 0 Å². The average molecular weight is 414 g/mol. The molecule has 3 aromatic rings. The lowest BCUT2D eigenvalue weighted by atomic mass is 10.2. The van der Waals surface area contributed by atoms with Gasteiger partial charge in [0, 0.05) is 23.0 Å². The number of aryl methyl sites for hydroxylation is 1. The van der Waals surface area contributed by atoms with Crippen LogP contribution in [0.15, 0.2) is 69.0 Å². The summed E-state index contributed by atoms with van der Waals surface area (Å²) in [4.78, 5) is 23.9. The zero-order chi connectivity index (χ0) is 18.5. The van der Waals surface area contributed by atoms with Crippen molar-refractivity contribution in [1.82, 2.24) is 9.99 Å². The summed E-state index contributed by atoms with van der Waals surface area (Å²) in [5, 5.41) is 4.66. The Morgan fingerprint density at radius 3 is 2.73 bits per heavy atom. The molecule has 26 heavy (non-hydrogen) atoms. The van der Waals surface area contributed by atoms with E-state index < -0.39 is 5.91 Å². The number of halogens is 1. The molecule has 7 heteroatoms. The van der Waals surface area contributed by atoms with Gasteiger partial charge in [-0.3, -0.25) is 9.59 Å². The number of hydrazone groups is 1. The van der Waals surface area contributed by atoms with Crippen molar-refractivity contribution >= 4 is 39.0 Å². The Morgan fingerprint density at radius 1 is 1.23 bits per heavy atom. The van der Waals surface area contributed by atoms with Crippen LogP contribution in [0.2, 0.25) is 0 Å². The number of pyridine rings is 1. The van der Waals surface area contributed by atoms with Crippen molar-refractivity contribution < 1.29 is 9.53 Å². The Bertz CT molecular complexity index is 1030. The molecule has 0 saturated heterocycles. The minimum atomic E-state index is -0.414. The molecule has 1 aromatic heterocycles. The van der Waals surface area contributed by atoms with E-state index in [-0.39, 0.29) is 12.2 Å². The standard InChI is InChI=1S/C19H16BrN3O3/c1-23-16-5-3-2-4-15(16)17(10-19(23)25)26-12-18(24)22-21-11-13-6-8-14(20)9-7-13/h2-11H,12H2,1H3,(H,22,24)/b21-11+. The number of carbonyl (C=O) groups excluding carboxylic acids is 1. The van der Waals surface area contributed by atoms with Crippen LogP contribution in [-0.4, -0.2) is 23.3 Å². The molecule has 0 aliphatic heterocycles. The minimum absolute atomic E-state index is 0.202. The van der Waals surface area contributed by atoms with Crippen LogP contribution >= 0.6 is 15.9 Å². The molecule has 6 nitrogen and oxygen atoms in total. The smallest absolute Gasteiger partial charge is 0.277 e. The molecule has 2 aromatic carbocycles. The van der Waals surface area contributed by atoms with Gasteiger partial charge in [-0.1, -0.05) is 40.2 Å². The van der Waals surface area contributed by atoms with E-state index in [1.54, 1.807) is 7.05 Å². The largest absolute Gasteiger partial charge is 0.483 e. The number of hydrogen-bond acceptors (Lipinski definition) is 4. The maximum atomic E-state index is 12.0. The fourth-order valence-electron chi connectivity index (χ4n) is 2.40. The SMILES string of the molecule is Cn1c(=O)cc(OCC(=O)N/N=C/c2ccc(Br)cc2)c2ccccc21. The summed E-state index contributed by atoms with van der Waals surface area (Å²) < 4.78 is 8.03. The lowest BCUT2D eigenvalue weighted by Crippen LogP contribution is -2.25. The fraction of sp³-hybridized carbons (Fsp3) is 0.105. The highest BCUT2D eigenvalue weighted by molar-refractivity contribution is 9.10. The van der Waals surface area contributed by atoms with Crippen LogP contribution in [0, 0.1) is 0 Å². The maximum absolute atomic E-state index is 12.0. The second-order valence-electron chi connectivity index (χ2n) is 5.56. The summed E-state index contributed by atoms with van der Waals surface area (Å²) in [5.74, 6) is -0.0427. The molecule has 0 aliphatic carbocycles. The predicted octanol–water partition coefficient (Wildman–Crippen LogP) is 2.83. The highest BCUT2D eigenvalue weighted by Gasteiger charge is 2.09. The van der Waals surface area contributed by atoms with Gasteiger partial charge in [0.1, 0.15) is 5.75 Å². The minimum Gasteiger partial charge on any atom is -0.483 e. The van der Waals surface area contributed by atoms with Gasteiger partial charge in [0.25, 0.3) is 11.5 Å². The van der Waals surface area contributed by atoms with Gasteiger partial charge in [0.2, 0.25) is 0 Å². The molecular weight excluding hydrogens is 398 g/mol. The third-order valence-electron chi connectivity index (χ3n) is 3.75. The van der Waals surface area contributed by atoms with Gasteiger partial charge < -0.3 is 9.30 Å². The first-order chi connectivity index (χ1) is 12.5. The Morgan fingerprint density at radius 2 is 1.96 bits per heavy atom. The number of carbonyl (C=O) groups is 1. The van der Waals surface area contributed by atoms with Crippen molar-refractivity contribution in [3.8, 4) is 5.75 Å². The monoisotopic (exact) mass is 413 g/mol. The van der Waals surface area contributed by atoms with Crippen LogP contribution in [0.4, 0.5) is 0 Å². The molecular formula is C19H16BrN3O3. The second-order valence-corrected chi connectivity index (χ2v) is 6.47. The molecule has 0 radical (unpaired) electrons. The predicted molar refractivity (Wildman–Crippen MR) is 105 cm³/mol. The van der Waals surface area contributed by atoms with Crippen LogP contribution in [0.25, 0.3) is 10.9 Å². The topological polar surface area (TPSA) is 72.7 Å². The Hall–Kier alpha value is -2.93. The molecule has 1 amide bonds. The number of hydrogen-bond donors (Lipinski definition) is 1. The van der Waals surface area contributed by atoms with Gasteiger partial charge in [-0.25, -0.2) is 5.43 Å². The first kappa shape index (κ1) is 17.9. The molecule has 0 unspecified atom stereocenters. The number of nitrogens with one attached hydrogen (secondary N) is 1. The zero-order valence-corrected chi connectivity index (χ0v) is 15.6. The quantitative estimate of drug-likeness (QED) is 0.516. The zero-order valence-electron chi connectivity index (χ0n) is 14.0. The number of aromatic nitrogens is 1. The molecule has 0 aliphatic rings. The lowest BCUT2D eigenvalue weighted by molar-refractivity contribution is -0.123. The number of nitrogens with zero attached hydrogens (tertiary/aromatic N) is 2. The van der Waals surface area contributed by atoms with E-state index in [2.05, 4.69) is 26.5 Å². The van der Waals surface area contributed by atoms with Crippen molar-refractivity contribution in [3.05, 3.63) is 75.0 Å². The van der Waals surface area contributed by atoms with E-state index in [0.717, 1.165) is 20.9 Å². The van der Waals surface area contributed by atoms with Crippen molar-refractivity contribution in [3.63, 3.8) is 0 Å². The number of benzene rings is 2. The lowest BCUT2D eigenvalue weighted by Gasteiger charge is -2.10. The fourth-order valence-corrected chi connectivity index (χ4v) is 2.67. The molecule has 1 N–H and O–H groups in total. The van der Waals surface area contributed by atoms with Gasteiger partial charge in [-0.2, -0.15) is 5.10 Å². The summed E-state index contributed by atoms with van der Waals surface area (Å²) in [6.45, 7) is -0.241. The van der Waals surface area contributed by atoms with Gasteiger partial charge in [0.15, 0.2) is 6.61 Å². The Balaban J connectivity index is 1.65. The Kier molecular flexibility index (Phi) is 5.48. The molecule has 132 valence electrons. The summed E-state index contributed by atoms with van der Waals surface area (Å²) in [6.07, 6.45) is 1.54. The summed E-state index contributed by atoms with van der Waals surface area (Å²) in [7, 11) is 1.69. The van der Waals surface area contributed by atoms with Crippen LogP contribution in [0.5, 0.6) is 5.75 Å². The van der Waals surface area contributed by atoms with Crippen molar-refractivity contribution in [2.24, 2.45) is 12.1 Å². The second kappa shape index (κ2) is 7.97. The number of fused-ring (bicyclic) bond motifs is 1. The highest BCUT2D eigenvalue weighted by Crippen LogP contribution is 2.22. The van der Waals surface area contributed by atoms with E-state index in [1.807, 2.05) is 48.5 Å². The van der Waals surface area contributed by atoms with Gasteiger partial charge in [-0.05, 0) is 29.8 Å². The van der Waals surface area contributed by atoms with Crippen molar-refractivity contribution in [1.29, 1.82) is 0 Å². The van der Waals surface area contributed by atoms with Crippen LogP contribution in [0.1, 0.15) is 5.56 Å². The summed E-state index contributed by atoms with van der Waals surface area (Å²) >= 11 is 3.35. The van der Waals surface area contributed by atoms with Gasteiger partial charge in [-0.15, -0.1) is 0 Å². The molecule has 0 spiro atoms. The Labute approximate surface area is 158 Å². The molecule has 0 fully saturated rings. The van der Waals surface area contributed by atoms with Crippen molar-refractivity contribution in [2.75, 3.05) is 6.61 Å². The number of ether oxygens (including phenoxy) is 1. The molecule has 3 rings (SSSR count). The molecule has 1 heterocycles. The van der Waals surface area contributed by atoms with Crippen LogP contribution in [0.3, 0.4) is 0 Å². The third kappa shape index (κ3) is 4.18. The van der Waals surface area contributed by atoms with Crippen LogP contribution < -0.4 is 15.7 Å². The maximum Gasteiger partial charge on any atom is 0.277 e. The number of amides is 1. The molecule has 0 atom stereocenters. The molecule has 0 saturated carbocycles.